The Morgan fingerprint density at radius 2 is 0.768 bits per heavy atom. The van der Waals surface area contributed by atoms with E-state index in [1.807, 2.05) is 11.3 Å². The Kier molecular flexibility index (Phi) is 10.1. The molecule has 0 saturated carbocycles. The van der Waals surface area contributed by atoms with Gasteiger partial charge in [0.25, 0.3) is 0 Å². The number of benzene rings is 11. The third kappa shape index (κ3) is 7.37. The van der Waals surface area contributed by atoms with Crippen LogP contribution >= 0.6 is 11.3 Å². The van der Waals surface area contributed by atoms with Gasteiger partial charge in [0.15, 0.2) is 0 Å². The first-order valence-electron chi connectivity index (χ1n) is 23.6. The highest BCUT2D eigenvalue weighted by molar-refractivity contribution is 7.25. The third-order valence-corrected chi connectivity index (χ3v) is 14.8. The summed E-state index contributed by atoms with van der Waals surface area (Å²) in [6.07, 6.45) is 0. The number of thiophene rings is 1. The van der Waals surface area contributed by atoms with Gasteiger partial charge in [-0.1, -0.05) is 188 Å². The molecule has 3 heteroatoms. The standard InChI is InChI=1S/C66H44N2S/c1-4-15-45(16-5-1)47-27-29-49(30-28-47)50-33-38-57(61(42-50)52-34-39-59-58-23-10-12-25-63(58)68(64(59)43-52)53-20-8-3-9-21-53)51-19-14-22-55(41-51)67(54-35-31-48(32-36-54)46-17-6-2-7-18-46)56-37-40-66-62(44-56)60-24-11-13-26-65(60)69-66/h1-44H. The van der Waals surface area contributed by atoms with Crippen molar-refractivity contribution in [2.45, 2.75) is 0 Å². The normalized spacial score (nSPS) is 11.5. The number of anilines is 3. The number of rotatable bonds is 9. The van der Waals surface area contributed by atoms with Gasteiger partial charge in [0.2, 0.25) is 0 Å². The predicted molar refractivity (Wildman–Crippen MR) is 296 cm³/mol. The average molecular weight is 897 g/mol. The minimum atomic E-state index is 1.09. The first-order chi connectivity index (χ1) is 34.2. The van der Waals surface area contributed by atoms with E-state index in [0.717, 1.165) is 33.9 Å². The van der Waals surface area contributed by atoms with Gasteiger partial charge in [0.1, 0.15) is 0 Å². The number of hydrogen-bond acceptors (Lipinski definition) is 2. The summed E-state index contributed by atoms with van der Waals surface area (Å²) in [6.45, 7) is 0. The maximum absolute atomic E-state index is 2.41. The van der Waals surface area contributed by atoms with Crippen LogP contribution in [0.5, 0.6) is 0 Å². The molecular formula is C66H44N2S. The molecule has 69 heavy (non-hydrogen) atoms. The Balaban J connectivity index is 0.988. The minimum Gasteiger partial charge on any atom is -0.310 e. The summed E-state index contributed by atoms with van der Waals surface area (Å²) < 4.78 is 5.00. The molecule has 11 aromatic carbocycles. The van der Waals surface area contributed by atoms with Crippen LogP contribution in [0.2, 0.25) is 0 Å². The number of para-hydroxylation sites is 2. The Labute approximate surface area is 405 Å². The van der Waals surface area contributed by atoms with Crippen molar-refractivity contribution in [1.29, 1.82) is 0 Å². The lowest BCUT2D eigenvalue weighted by Gasteiger charge is -2.26. The van der Waals surface area contributed by atoms with Crippen LogP contribution < -0.4 is 4.90 Å². The Morgan fingerprint density at radius 3 is 1.51 bits per heavy atom. The number of fused-ring (bicyclic) bond motifs is 6. The second kappa shape index (κ2) is 17.2. The van der Waals surface area contributed by atoms with Crippen molar-refractivity contribution < 1.29 is 0 Å². The average Bonchev–Trinajstić information content (AvgIpc) is 3.97. The molecule has 13 aromatic rings. The molecule has 2 nitrogen and oxygen atoms in total. The van der Waals surface area contributed by atoms with Gasteiger partial charge in [0, 0.05) is 53.7 Å². The van der Waals surface area contributed by atoms with Gasteiger partial charge in [-0.3, -0.25) is 0 Å². The summed E-state index contributed by atoms with van der Waals surface area (Å²) in [5, 5.41) is 5.04. The van der Waals surface area contributed by atoms with E-state index in [9.17, 15) is 0 Å². The molecule has 2 aromatic heterocycles. The molecule has 0 aliphatic rings. The molecule has 0 N–H and O–H groups in total. The Hall–Kier alpha value is -8.76. The van der Waals surface area contributed by atoms with Crippen LogP contribution in [0.15, 0.2) is 267 Å². The molecule has 2 heterocycles. The van der Waals surface area contributed by atoms with Crippen molar-refractivity contribution in [1.82, 2.24) is 4.57 Å². The fourth-order valence-electron chi connectivity index (χ4n) is 10.2. The zero-order valence-electron chi connectivity index (χ0n) is 37.7. The fourth-order valence-corrected chi connectivity index (χ4v) is 11.3. The molecule has 0 atom stereocenters. The molecule has 0 aliphatic carbocycles. The number of nitrogens with zero attached hydrogens (tertiary/aromatic N) is 2. The summed E-state index contributed by atoms with van der Waals surface area (Å²) in [7, 11) is 0. The number of hydrogen-bond donors (Lipinski definition) is 0. The van der Waals surface area contributed by atoms with Crippen molar-refractivity contribution >= 4 is 70.4 Å². The smallest absolute Gasteiger partial charge is 0.0547 e. The van der Waals surface area contributed by atoms with Gasteiger partial charge in [-0.2, -0.15) is 0 Å². The maximum atomic E-state index is 2.41. The van der Waals surface area contributed by atoms with Gasteiger partial charge >= 0.3 is 0 Å². The molecule has 0 aliphatic heterocycles. The molecule has 324 valence electrons. The first-order valence-corrected chi connectivity index (χ1v) is 24.4. The fraction of sp³-hybridized carbons (Fsp3) is 0. The van der Waals surface area contributed by atoms with E-state index in [4.69, 9.17) is 0 Å². The highest BCUT2D eigenvalue weighted by Crippen LogP contribution is 2.44. The molecule has 0 spiro atoms. The van der Waals surface area contributed by atoms with E-state index in [1.54, 1.807) is 0 Å². The Morgan fingerprint density at radius 1 is 0.261 bits per heavy atom. The van der Waals surface area contributed by atoms with E-state index in [2.05, 4.69) is 276 Å². The van der Waals surface area contributed by atoms with Crippen LogP contribution in [0.3, 0.4) is 0 Å². The second-order valence-electron chi connectivity index (χ2n) is 17.7. The van der Waals surface area contributed by atoms with Crippen molar-refractivity contribution in [2.75, 3.05) is 4.90 Å². The second-order valence-corrected chi connectivity index (χ2v) is 18.8. The largest absolute Gasteiger partial charge is 0.310 e. The summed E-state index contributed by atoms with van der Waals surface area (Å²) >= 11 is 1.85. The molecule has 0 unspecified atom stereocenters. The van der Waals surface area contributed by atoms with E-state index in [-0.39, 0.29) is 0 Å². The SMILES string of the molecule is c1ccc(-c2ccc(-c3ccc(-c4cccc(N(c5ccc(-c6ccccc6)cc5)c5ccc6sc7ccccc7c6c5)c4)c(-c4ccc5c6ccccc6n(-c6ccccc6)c5c4)c3)cc2)cc1. The molecular weight excluding hydrogens is 853 g/mol. The molecule has 0 amide bonds. The van der Waals surface area contributed by atoms with Gasteiger partial charge < -0.3 is 9.47 Å². The molecule has 0 bridgehead atoms. The van der Waals surface area contributed by atoms with Crippen LogP contribution in [0.1, 0.15) is 0 Å². The van der Waals surface area contributed by atoms with Gasteiger partial charge in [0.05, 0.1) is 11.0 Å². The van der Waals surface area contributed by atoms with Crippen LogP contribution in [0.25, 0.3) is 103 Å². The van der Waals surface area contributed by atoms with Crippen molar-refractivity contribution in [2.24, 2.45) is 0 Å². The molecule has 13 rings (SSSR count). The van der Waals surface area contributed by atoms with Crippen molar-refractivity contribution in [3.63, 3.8) is 0 Å². The lowest BCUT2D eigenvalue weighted by molar-refractivity contribution is 1.18. The molecule has 0 radical (unpaired) electrons. The number of aromatic nitrogens is 1. The lowest BCUT2D eigenvalue weighted by atomic mass is 9.90. The zero-order valence-corrected chi connectivity index (χ0v) is 38.5. The quantitative estimate of drug-likeness (QED) is 0.140. The van der Waals surface area contributed by atoms with Crippen LogP contribution in [0, 0.1) is 0 Å². The third-order valence-electron chi connectivity index (χ3n) is 13.6. The monoisotopic (exact) mass is 896 g/mol. The van der Waals surface area contributed by atoms with Crippen LogP contribution in [-0.2, 0) is 0 Å². The molecule has 0 fully saturated rings. The Bertz CT molecular complexity index is 3980. The summed E-state index contributed by atoms with van der Waals surface area (Å²) in [6, 6.07) is 97.6. The van der Waals surface area contributed by atoms with Gasteiger partial charge in [-0.15, -0.1) is 11.3 Å². The first kappa shape index (κ1) is 40.5. The van der Waals surface area contributed by atoms with E-state index >= 15 is 0 Å². The van der Waals surface area contributed by atoms with Crippen LogP contribution in [-0.4, -0.2) is 4.57 Å². The summed E-state index contributed by atoms with van der Waals surface area (Å²) in [5.41, 5.74) is 18.6. The van der Waals surface area contributed by atoms with Gasteiger partial charge in [-0.25, -0.2) is 0 Å². The van der Waals surface area contributed by atoms with Crippen LogP contribution in [0.4, 0.5) is 17.1 Å². The molecule has 0 saturated heterocycles. The minimum absolute atomic E-state index is 1.09. The highest BCUT2D eigenvalue weighted by Gasteiger charge is 2.19. The topological polar surface area (TPSA) is 8.17 Å². The maximum Gasteiger partial charge on any atom is 0.0547 e. The van der Waals surface area contributed by atoms with Crippen molar-refractivity contribution in [3.8, 4) is 61.3 Å². The van der Waals surface area contributed by atoms with E-state index in [0.29, 0.717) is 0 Å². The van der Waals surface area contributed by atoms with E-state index < -0.39 is 0 Å². The summed E-state index contributed by atoms with van der Waals surface area (Å²) in [5.74, 6) is 0. The van der Waals surface area contributed by atoms with Crippen molar-refractivity contribution in [3.05, 3.63) is 267 Å². The summed E-state index contributed by atoms with van der Waals surface area (Å²) in [4.78, 5) is 2.41. The van der Waals surface area contributed by atoms with Gasteiger partial charge in [-0.05, 0) is 134 Å². The highest BCUT2D eigenvalue weighted by atomic mass is 32.1. The van der Waals surface area contributed by atoms with E-state index in [1.165, 1.54) is 86.5 Å². The lowest BCUT2D eigenvalue weighted by Crippen LogP contribution is -2.10. The predicted octanol–water partition coefficient (Wildman–Crippen LogP) is 19.0. The zero-order chi connectivity index (χ0) is 45.7.